The number of amides is 1. The van der Waals surface area contributed by atoms with E-state index in [0.29, 0.717) is 11.3 Å². The quantitative estimate of drug-likeness (QED) is 0.155. The Morgan fingerprint density at radius 2 is 1.35 bits per heavy atom. The van der Waals surface area contributed by atoms with Crippen LogP contribution >= 0.6 is 15.9 Å². The van der Waals surface area contributed by atoms with Crippen LogP contribution in [0, 0.1) is 0 Å². The number of benzene rings is 4. The Kier molecular flexibility index (Phi) is 8.75. The Morgan fingerprint density at radius 1 is 0.860 bits per heavy atom. The molecule has 1 N–H and O–H groups in total. The summed E-state index contributed by atoms with van der Waals surface area (Å²) >= 11 is 3.63. The van der Waals surface area contributed by atoms with Crippen molar-refractivity contribution in [2.75, 3.05) is 11.5 Å². The van der Waals surface area contributed by atoms with Crippen molar-refractivity contribution in [2.24, 2.45) is 0 Å². The van der Waals surface area contributed by atoms with Crippen LogP contribution in [0.4, 0.5) is 5.69 Å². The van der Waals surface area contributed by atoms with Gasteiger partial charge >= 0.3 is 5.97 Å². The van der Waals surface area contributed by atoms with Gasteiger partial charge in [0, 0.05) is 10.0 Å². The van der Waals surface area contributed by atoms with Gasteiger partial charge in [-0.15, -0.1) is 0 Å². The summed E-state index contributed by atoms with van der Waals surface area (Å²) in [6.45, 7) is 7.37. The Hall–Kier alpha value is -3.59. The third kappa shape index (κ3) is 5.48. The highest BCUT2D eigenvalue weighted by molar-refractivity contribution is 9.10. The SMILES string of the molecule is CCOC(=O)C[C@@]1(N[S@](=O)C(C)(C)C)C(=O)N(C(c2ccccc2)(c2ccccc2)c2ccccc2)c2cc(Br)ccc21. The van der Waals surface area contributed by atoms with Gasteiger partial charge in [-0.3, -0.25) is 14.5 Å². The molecule has 0 unspecified atom stereocenters. The fourth-order valence-electron chi connectivity index (χ4n) is 5.77. The lowest BCUT2D eigenvalue weighted by Crippen LogP contribution is -2.59. The van der Waals surface area contributed by atoms with Crippen LogP contribution < -0.4 is 9.62 Å². The smallest absolute Gasteiger partial charge is 0.308 e. The molecular weight excluding hydrogens is 624 g/mol. The number of carbonyl (C=O) groups is 2. The maximum atomic E-state index is 15.5. The normalized spacial score (nSPS) is 17.4. The van der Waals surface area contributed by atoms with Crippen molar-refractivity contribution in [1.82, 2.24) is 4.72 Å². The highest BCUT2D eigenvalue weighted by atomic mass is 79.9. The maximum absolute atomic E-state index is 15.5. The zero-order valence-corrected chi connectivity index (χ0v) is 27.1. The molecule has 8 heteroatoms. The molecule has 0 spiro atoms. The molecule has 43 heavy (non-hydrogen) atoms. The second-order valence-corrected chi connectivity index (χ2v) is 14.4. The average Bonchev–Trinajstić information content (AvgIpc) is 3.21. The number of hydrogen-bond acceptors (Lipinski definition) is 4. The highest BCUT2D eigenvalue weighted by Gasteiger charge is 2.60. The molecule has 1 aliphatic rings. The summed E-state index contributed by atoms with van der Waals surface area (Å²) in [4.78, 5) is 30.5. The molecule has 1 amide bonds. The summed E-state index contributed by atoms with van der Waals surface area (Å²) in [7, 11) is -1.71. The van der Waals surface area contributed by atoms with Crippen LogP contribution in [-0.2, 0) is 36.4 Å². The number of esters is 1. The van der Waals surface area contributed by atoms with E-state index in [1.807, 2.05) is 130 Å². The Morgan fingerprint density at radius 3 is 1.79 bits per heavy atom. The van der Waals surface area contributed by atoms with Gasteiger partial charge in [0.1, 0.15) is 11.1 Å². The standard InChI is InChI=1S/C35H35BrN2O4S/c1-5-42-31(39)24-34(37-43(41)33(2,3)4)29-22-21-28(36)23-30(29)38(32(34)40)35(25-15-9-6-10-16-25,26-17-11-7-12-18-26)27-19-13-8-14-20-27/h6-23,37H,5,24H2,1-4H3/t34-,43+/m0/s1. The van der Waals surface area contributed by atoms with Gasteiger partial charge in [0.05, 0.1) is 34.4 Å². The van der Waals surface area contributed by atoms with E-state index in [1.165, 1.54) is 0 Å². The molecule has 5 rings (SSSR count). The van der Waals surface area contributed by atoms with E-state index in [4.69, 9.17) is 4.74 Å². The van der Waals surface area contributed by atoms with Crippen LogP contribution in [0.3, 0.4) is 0 Å². The third-order valence-electron chi connectivity index (χ3n) is 7.68. The van der Waals surface area contributed by atoms with Gasteiger partial charge in [-0.25, -0.2) is 8.93 Å². The van der Waals surface area contributed by atoms with Crippen molar-refractivity contribution in [2.45, 2.75) is 49.9 Å². The predicted molar refractivity (Wildman–Crippen MR) is 175 cm³/mol. The predicted octanol–water partition coefficient (Wildman–Crippen LogP) is 6.99. The molecule has 4 aromatic rings. The van der Waals surface area contributed by atoms with E-state index >= 15 is 4.79 Å². The fourth-order valence-corrected chi connectivity index (χ4v) is 7.01. The average molecular weight is 660 g/mol. The van der Waals surface area contributed by atoms with Crippen molar-refractivity contribution in [1.29, 1.82) is 0 Å². The summed E-state index contributed by atoms with van der Waals surface area (Å²) < 4.78 is 22.4. The summed E-state index contributed by atoms with van der Waals surface area (Å²) in [5.41, 5.74) is 0.903. The molecule has 0 aromatic heterocycles. The lowest BCUT2D eigenvalue weighted by molar-refractivity contribution is -0.147. The van der Waals surface area contributed by atoms with Crippen LogP contribution in [0.5, 0.6) is 0 Å². The van der Waals surface area contributed by atoms with Crippen molar-refractivity contribution in [3.63, 3.8) is 0 Å². The molecule has 1 aliphatic heterocycles. The summed E-state index contributed by atoms with van der Waals surface area (Å²) in [5.74, 6) is -0.961. The van der Waals surface area contributed by atoms with Crippen molar-refractivity contribution in [3.8, 4) is 0 Å². The van der Waals surface area contributed by atoms with Gasteiger partial charge in [-0.05, 0) is 56.5 Å². The van der Waals surface area contributed by atoms with E-state index in [0.717, 1.165) is 21.2 Å². The van der Waals surface area contributed by atoms with E-state index in [-0.39, 0.29) is 13.0 Å². The van der Waals surface area contributed by atoms with Crippen LogP contribution in [0.1, 0.15) is 56.4 Å². The Bertz CT molecular complexity index is 1540. The number of rotatable bonds is 9. The first-order valence-corrected chi connectivity index (χ1v) is 16.2. The molecule has 2 atom stereocenters. The van der Waals surface area contributed by atoms with Crippen LogP contribution in [0.15, 0.2) is 114 Å². The second-order valence-electron chi connectivity index (χ2n) is 11.5. The van der Waals surface area contributed by atoms with Gasteiger partial charge < -0.3 is 4.74 Å². The molecule has 0 saturated heterocycles. The first-order valence-electron chi connectivity index (χ1n) is 14.2. The summed E-state index contributed by atoms with van der Waals surface area (Å²) in [5, 5.41) is 0. The summed E-state index contributed by atoms with van der Waals surface area (Å²) in [6, 6.07) is 35.2. The van der Waals surface area contributed by atoms with Crippen LogP contribution in [0.2, 0.25) is 0 Å². The molecule has 1 heterocycles. The molecule has 0 saturated carbocycles. The number of hydrogen-bond donors (Lipinski definition) is 1. The Labute approximate surface area is 264 Å². The highest BCUT2D eigenvalue weighted by Crippen LogP contribution is 2.54. The van der Waals surface area contributed by atoms with E-state index < -0.39 is 38.7 Å². The van der Waals surface area contributed by atoms with E-state index in [2.05, 4.69) is 20.7 Å². The van der Waals surface area contributed by atoms with Gasteiger partial charge in [-0.2, -0.15) is 0 Å². The van der Waals surface area contributed by atoms with E-state index in [9.17, 15) is 9.00 Å². The number of nitrogens with zero attached hydrogens (tertiary/aromatic N) is 1. The largest absolute Gasteiger partial charge is 0.466 e. The molecule has 0 aliphatic carbocycles. The first-order chi connectivity index (χ1) is 20.6. The topological polar surface area (TPSA) is 75.7 Å². The molecule has 4 aromatic carbocycles. The minimum Gasteiger partial charge on any atom is -0.466 e. The lowest BCUT2D eigenvalue weighted by Gasteiger charge is -2.45. The molecule has 222 valence electrons. The number of carbonyl (C=O) groups excluding carboxylic acids is 2. The van der Waals surface area contributed by atoms with Crippen LogP contribution in [0.25, 0.3) is 0 Å². The molecule has 6 nitrogen and oxygen atoms in total. The zero-order valence-electron chi connectivity index (χ0n) is 24.7. The minimum absolute atomic E-state index is 0.157. The lowest BCUT2D eigenvalue weighted by atomic mass is 9.75. The number of fused-ring (bicyclic) bond motifs is 1. The molecule has 0 fully saturated rings. The molecule has 0 radical (unpaired) electrons. The van der Waals surface area contributed by atoms with E-state index in [1.54, 1.807) is 11.8 Å². The fraction of sp³-hybridized carbons (Fsp3) is 0.257. The Balaban J connectivity index is 1.90. The zero-order chi connectivity index (χ0) is 30.8. The van der Waals surface area contributed by atoms with Crippen LogP contribution in [-0.4, -0.2) is 27.4 Å². The summed E-state index contributed by atoms with van der Waals surface area (Å²) in [6.07, 6.45) is -0.332. The number of halogens is 1. The molecule has 0 bridgehead atoms. The van der Waals surface area contributed by atoms with Crippen molar-refractivity contribution >= 4 is 44.5 Å². The third-order valence-corrected chi connectivity index (χ3v) is 9.82. The van der Waals surface area contributed by atoms with Gasteiger partial charge in [0.25, 0.3) is 5.91 Å². The first kappa shape index (κ1) is 30.9. The minimum atomic E-state index is -1.71. The van der Waals surface area contributed by atoms with Crippen molar-refractivity contribution in [3.05, 3.63) is 136 Å². The number of nitrogens with one attached hydrogen (secondary N) is 1. The number of ether oxygens (including phenoxy) is 1. The maximum Gasteiger partial charge on any atom is 0.308 e. The van der Waals surface area contributed by atoms with Gasteiger partial charge in [0.2, 0.25) is 0 Å². The van der Waals surface area contributed by atoms with Crippen molar-refractivity contribution < 1.29 is 18.5 Å². The molecular formula is C35H35BrN2O4S. The van der Waals surface area contributed by atoms with Gasteiger partial charge in [0.15, 0.2) is 0 Å². The van der Waals surface area contributed by atoms with Gasteiger partial charge in [-0.1, -0.05) is 113 Å². The number of anilines is 1. The monoisotopic (exact) mass is 658 g/mol. The second kappa shape index (κ2) is 12.2.